The average molecular weight is 329 g/mol. The van der Waals surface area contributed by atoms with E-state index in [0.29, 0.717) is 19.4 Å². The minimum absolute atomic E-state index is 0.145. The molecule has 0 spiro atoms. The van der Waals surface area contributed by atoms with Gasteiger partial charge in [0.25, 0.3) is 0 Å². The molecule has 130 valence electrons. The van der Waals surface area contributed by atoms with Crippen LogP contribution in [0.25, 0.3) is 0 Å². The van der Waals surface area contributed by atoms with E-state index in [9.17, 15) is 9.59 Å². The Labute approximate surface area is 144 Å². The third kappa shape index (κ3) is 5.93. The number of ether oxygens (including phenoxy) is 1. The molecule has 2 rings (SSSR count). The van der Waals surface area contributed by atoms with Crippen molar-refractivity contribution in [3.8, 4) is 0 Å². The molecule has 4 heteroatoms. The van der Waals surface area contributed by atoms with Crippen molar-refractivity contribution in [2.75, 3.05) is 19.7 Å². The van der Waals surface area contributed by atoms with Gasteiger partial charge in [0.05, 0.1) is 6.61 Å². The third-order valence-electron chi connectivity index (χ3n) is 4.20. The zero-order valence-electron chi connectivity index (χ0n) is 14.5. The Morgan fingerprint density at radius 2 is 1.75 bits per heavy atom. The zero-order valence-corrected chi connectivity index (χ0v) is 14.5. The maximum atomic E-state index is 12.5. The molecule has 0 atom stereocenters. The molecule has 0 fully saturated rings. The summed E-state index contributed by atoms with van der Waals surface area (Å²) in [5, 5.41) is 0. The van der Waals surface area contributed by atoms with Crippen LogP contribution >= 0.6 is 0 Å². The van der Waals surface area contributed by atoms with Crippen LogP contribution in [0.2, 0.25) is 0 Å². The Morgan fingerprint density at radius 1 is 1.04 bits per heavy atom. The van der Waals surface area contributed by atoms with Gasteiger partial charge in [-0.2, -0.15) is 0 Å². The van der Waals surface area contributed by atoms with Gasteiger partial charge < -0.3 is 4.74 Å². The number of hydrogen-bond acceptors (Lipinski definition) is 4. The lowest BCUT2D eigenvalue weighted by Gasteiger charge is -2.17. The van der Waals surface area contributed by atoms with E-state index in [1.165, 1.54) is 0 Å². The maximum absolute atomic E-state index is 12.5. The second-order valence-electron chi connectivity index (χ2n) is 6.11. The molecule has 0 radical (unpaired) electrons. The molecule has 0 amide bonds. The van der Waals surface area contributed by atoms with E-state index in [1.807, 2.05) is 31.2 Å². The van der Waals surface area contributed by atoms with Crippen molar-refractivity contribution >= 4 is 11.8 Å². The van der Waals surface area contributed by atoms with Gasteiger partial charge in [0, 0.05) is 38.0 Å². The molecule has 0 bridgehead atoms. The molecule has 0 N–H and O–H groups in total. The largest absolute Gasteiger partial charge is 0.466 e. The molecule has 1 aliphatic rings. The fraction of sp³-hybridized carbons (Fsp3) is 0.500. The summed E-state index contributed by atoms with van der Waals surface area (Å²) in [4.78, 5) is 26.1. The maximum Gasteiger partial charge on any atom is 0.305 e. The number of benzene rings is 1. The Hall–Kier alpha value is -1.94. The highest BCUT2D eigenvalue weighted by molar-refractivity contribution is 5.97. The molecule has 1 aliphatic heterocycles. The van der Waals surface area contributed by atoms with Gasteiger partial charge in [-0.3, -0.25) is 14.5 Å². The summed E-state index contributed by atoms with van der Waals surface area (Å²) in [5.41, 5.74) is 1.95. The number of carbonyl (C=O) groups excluding carboxylic acids is 2. The number of esters is 1. The Balaban J connectivity index is 1.76. The van der Waals surface area contributed by atoms with Crippen LogP contribution in [0.3, 0.4) is 0 Å². The van der Waals surface area contributed by atoms with Gasteiger partial charge in [-0.1, -0.05) is 42.8 Å². The summed E-state index contributed by atoms with van der Waals surface area (Å²) in [6.45, 7) is 4.97. The number of carbonyl (C=O) groups is 2. The minimum Gasteiger partial charge on any atom is -0.466 e. The molecule has 0 saturated carbocycles. The zero-order chi connectivity index (χ0) is 17.2. The summed E-state index contributed by atoms with van der Waals surface area (Å²) >= 11 is 0. The predicted octanol–water partition coefficient (Wildman–Crippen LogP) is 3.75. The van der Waals surface area contributed by atoms with Crippen LogP contribution < -0.4 is 0 Å². The van der Waals surface area contributed by atoms with Gasteiger partial charge >= 0.3 is 5.97 Å². The van der Waals surface area contributed by atoms with E-state index in [1.54, 1.807) is 0 Å². The van der Waals surface area contributed by atoms with Crippen LogP contribution in [-0.2, 0) is 16.1 Å². The van der Waals surface area contributed by atoms with Gasteiger partial charge in [0.1, 0.15) is 0 Å². The first-order chi connectivity index (χ1) is 11.7. The standard InChI is InChI=1S/C20H27NO3/c1-2-24-20(23)13-5-3-4-12-19(22)18-11-7-6-10-17(18)16-21-14-8-9-15-21/h6-11H,2-5,12-16H2,1H3. The highest BCUT2D eigenvalue weighted by Crippen LogP contribution is 2.17. The number of rotatable bonds is 10. The van der Waals surface area contributed by atoms with E-state index in [2.05, 4.69) is 17.1 Å². The number of ketones is 1. The van der Waals surface area contributed by atoms with E-state index < -0.39 is 0 Å². The number of hydrogen-bond donors (Lipinski definition) is 0. The minimum atomic E-state index is -0.145. The lowest BCUT2D eigenvalue weighted by atomic mass is 9.99. The molecular weight excluding hydrogens is 302 g/mol. The second kappa shape index (κ2) is 10.0. The fourth-order valence-corrected chi connectivity index (χ4v) is 2.92. The van der Waals surface area contributed by atoms with Crippen molar-refractivity contribution in [2.24, 2.45) is 0 Å². The monoisotopic (exact) mass is 329 g/mol. The van der Waals surface area contributed by atoms with E-state index >= 15 is 0 Å². The Morgan fingerprint density at radius 3 is 2.50 bits per heavy atom. The van der Waals surface area contributed by atoms with Crippen LogP contribution in [0.5, 0.6) is 0 Å². The molecule has 1 heterocycles. The SMILES string of the molecule is CCOC(=O)CCCCCC(=O)c1ccccc1CN1CC=CC1. The molecule has 0 unspecified atom stereocenters. The van der Waals surface area contributed by atoms with Gasteiger partial charge in [0.2, 0.25) is 0 Å². The predicted molar refractivity (Wildman–Crippen MR) is 94.9 cm³/mol. The molecule has 0 aromatic heterocycles. The van der Waals surface area contributed by atoms with Gasteiger partial charge in [0.15, 0.2) is 5.78 Å². The summed E-state index contributed by atoms with van der Waals surface area (Å²) in [7, 11) is 0. The van der Waals surface area contributed by atoms with Crippen molar-refractivity contribution in [2.45, 2.75) is 45.6 Å². The number of Topliss-reactive ketones (excluding diaryl/α,β-unsaturated/α-hetero) is 1. The molecule has 24 heavy (non-hydrogen) atoms. The van der Waals surface area contributed by atoms with Crippen molar-refractivity contribution in [1.82, 2.24) is 4.90 Å². The van der Waals surface area contributed by atoms with Crippen molar-refractivity contribution in [1.29, 1.82) is 0 Å². The molecule has 4 nitrogen and oxygen atoms in total. The van der Waals surface area contributed by atoms with E-state index in [-0.39, 0.29) is 11.8 Å². The van der Waals surface area contributed by atoms with Crippen molar-refractivity contribution in [3.05, 3.63) is 47.5 Å². The number of unbranched alkanes of at least 4 members (excludes halogenated alkanes) is 2. The van der Waals surface area contributed by atoms with Crippen LogP contribution in [0, 0.1) is 0 Å². The first-order valence-corrected chi connectivity index (χ1v) is 8.84. The molecule has 1 aromatic rings. The number of nitrogens with zero attached hydrogens (tertiary/aromatic N) is 1. The van der Waals surface area contributed by atoms with Crippen LogP contribution in [-0.4, -0.2) is 36.3 Å². The highest BCUT2D eigenvalue weighted by Gasteiger charge is 2.14. The van der Waals surface area contributed by atoms with Crippen LogP contribution in [0.4, 0.5) is 0 Å². The topological polar surface area (TPSA) is 46.6 Å². The lowest BCUT2D eigenvalue weighted by Crippen LogP contribution is -2.20. The molecule has 0 saturated heterocycles. The first-order valence-electron chi connectivity index (χ1n) is 8.84. The quantitative estimate of drug-likeness (QED) is 0.284. The van der Waals surface area contributed by atoms with Crippen molar-refractivity contribution < 1.29 is 14.3 Å². The Bertz CT molecular complexity index is 572. The third-order valence-corrected chi connectivity index (χ3v) is 4.20. The van der Waals surface area contributed by atoms with Gasteiger partial charge in [-0.05, 0) is 25.3 Å². The van der Waals surface area contributed by atoms with Gasteiger partial charge in [-0.15, -0.1) is 0 Å². The van der Waals surface area contributed by atoms with E-state index in [4.69, 9.17) is 4.74 Å². The smallest absolute Gasteiger partial charge is 0.305 e. The van der Waals surface area contributed by atoms with Crippen LogP contribution in [0.15, 0.2) is 36.4 Å². The molecular formula is C20H27NO3. The van der Waals surface area contributed by atoms with Crippen molar-refractivity contribution in [3.63, 3.8) is 0 Å². The summed E-state index contributed by atoms with van der Waals surface area (Å²) in [6.07, 6.45) is 7.79. The fourth-order valence-electron chi connectivity index (χ4n) is 2.92. The summed E-state index contributed by atoms with van der Waals surface area (Å²) in [5.74, 6) is 0.0577. The van der Waals surface area contributed by atoms with E-state index in [0.717, 1.165) is 50.0 Å². The summed E-state index contributed by atoms with van der Waals surface area (Å²) < 4.78 is 4.90. The normalized spacial score (nSPS) is 14.0. The molecule has 0 aliphatic carbocycles. The lowest BCUT2D eigenvalue weighted by molar-refractivity contribution is -0.143. The second-order valence-corrected chi connectivity index (χ2v) is 6.11. The Kier molecular flexibility index (Phi) is 7.69. The first kappa shape index (κ1) is 18.4. The average Bonchev–Trinajstić information content (AvgIpc) is 3.08. The van der Waals surface area contributed by atoms with Gasteiger partial charge in [-0.25, -0.2) is 0 Å². The summed E-state index contributed by atoms with van der Waals surface area (Å²) in [6, 6.07) is 7.90. The highest BCUT2D eigenvalue weighted by atomic mass is 16.5. The van der Waals surface area contributed by atoms with Crippen LogP contribution in [0.1, 0.15) is 54.9 Å². The molecule has 1 aromatic carbocycles.